The minimum absolute atomic E-state index is 0.0486. The van der Waals surface area contributed by atoms with E-state index in [0.29, 0.717) is 29.3 Å². The first-order valence-electron chi connectivity index (χ1n) is 20.3. The largest absolute Gasteiger partial charge is 0.449 e. The molecule has 5 aromatic rings. The van der Waals surface area contributed by atoms with Gasteiger partial charge in [-0.1, -0.05) is 178 Å². The Balaban J connectivity index is 1.05. The molecule has 282 valence electrons. The molecule has 2 fully saturated rings. The first-order chi connectivity index (χ1) is 27.0. The van der Waals surface area contributed by atoms with Crippen molar-refractivity contribution in [3.05, 3.63) is 166 Å². The Labute approximate surface area is 330 Å². The van der Waals surface area contributed by atoms with Gasteiger partial charge in [-0.05, 0) is 65.5 Å². The molecular formula is C49H50ClNO4. The summed E-state index contributed by atoms with van der Waals surface area (Å²) in [4.78, 5) is 28.1. The fourth-order valence-corrected chi connectivity index (χ4v) is 9.73. The summed E-state index contributed by atoms with van der Waals surface area (Å²) in [6.45, 7) is 0.210. The van der Waals surface area contributed by atoms with Gasteiger partial charge in [-0.3, -0.25) is 4.79 Å². The van der Waals surface area contributed by atoms with Crippen molar-refractivity contribution >= 4 is 23.7 Å². The minimum atomic E-state index is -1.31. The Bertz CT molecular complexity index is 2040. The molecule has 0 aromatic heterocycles. The number of carbonyl (C=O) groups is 2. The van der Waals surface area contributed by atoms with E-state index in [0.717, 1.165) is 28.7 Å². The number of alkyl carbamates (subject to hydrolysis) is 1. The fourth-order valence-electron chi connectivity index (χ4n) is 9.46. The summed E-state index contributed by atoms with van der Waals surface area (Å²) in [5.41, 5.74) is 7.04. The molecule has 3 aliphatic carbocycles. The molecule has 5 nitrogen and oxygen atoms in total. The van der Waals surface area contributed by atoms with Gasteiger partial charge < -0.3 is 14.8 Å². The van der Waals surface area contributed by atoms with E-state index in [4.69, 9.17) is 21.1 Å². The average molecular weight is 752 g/mol. The van der Waals surface area contributed by atoms with Crippen molar-refractivity contribution < 1.29 is 19.1 Å². The van der Waals surface area contributed by atoms with Crippen molar-refractivity contribution in [3.63, 3.8) is 0 Å². The van der Waals surface area contributed by atoms with Gasteiger partial charge in [0.05, 0.1) is 5.92 Å². The first-order valence-corrected chi connectivity index (χ1v) is 20.7. The molecule has 2 saturated carbocycles. The van der Waals surface area contributed by atoms with Gasteiger partial charge in [0.1, 0.15) is 6.61 Å². The molecule has 1 amide bonds. The molecule has 0 aliphatic heterocycles. The number of esters is 1. The van der Waals surface area contributed by atoms with Crippen molar-refractivity contribution in [3.8, 4) is 11.1 Å². The van der Waals surface area contributed by atoms with E-state index < -0.39 is 23.7 Å². The number of amides is 1. The van der Waals surface area contributed by atoms with Crippen molar-refractivity contribution in [2.24, 2.45) is 5.92 Å². The van der Waals surface area contributed by atoms with Gasteiger partial charge in [0, 0.05) is 33.7 Å². The number of nitrogens with one attached hydrogen (secondary N) is 1. The van der Waals surface area contributed by atoms with E-state index in [1.165, 1.54) is 68.1 Å². The van der Waals surface area contributed by atoms with Crippen LogP contribution in [0.25, 0.3) is 11.1 Å². The zero-order valence-corrected chi connectivity index (χ0v) is 32.2. The van der Waals surface area contributed by atoms with Crippen LogP contribution < -0.4 is 5.32 Å². The van der Waals surface area contributed by atoms with E-state index >= 15 is 0 Å². The molecule has 0 radical (unpaired) electrons. The predicted octanol–water partition coefficient (Wildman–Crippen LogP) is 12.1. The molecule has 5 aromatic carbocycles. The zero-order chi connectivity index (χ0) is 37.6. The molecule has 55 heavy (non-hydrogen) atoms. The van der Waals surface area contributed by atoms with Crippen LogP contribution in [0.5, 0.6) is 0 Å². The van der Waals surface area contributed by atoms with Gasteiger partial charge in [0.25, 0.3) is 0 Å². The Morgan fingerprint density at radius 2 is 1.20 bits per heavy atom. The van der Waals surface area contributed by atoms with Crippen molar-refractivity contribution in [2.45, 2.75) is 94.1 Å². The predicted molar refractivity (Wildman–Crippen MR) is 219 cm³/mol. The Morgan fingerprint density at radius 1 is 0.618 bits per heavy atom. The fraction of sp³-hybridized carbons (Fsp3) is 0.347. The Morgan fingerprint density at radius 3 is 1.87 bits per heavy atom. The molecule has 3 aliphatic rings. The topological polar surface area (TPSA) is 64.6 Å². The summed E-state index contributed by atoms with van der Waals surface area (Å²) in [5.74, 6) is -0.452. The number of halogens is 1. The number of ether oxygens (including phenoxy) is 2. The smallest absolute Gasteiger partial charge is 0.407 e. The van der Waals surface area contributed by atoms with Crippen LogP contribution in [0.15, 0.2) is 127 Å². The van der Waals surface area contributed by atoms with Crippen molar-refractivity contribution in [1.29, 1.82) is 0 Å². The molecule has 3 atom stereocenters. The summed E-state index contributed by atoms with van der Waals surface area (Å²) >= 11 is 7.04. The van der Waals surface area contributed by atoms with Gasteiger partial charge >= 0.3 is 12.1 Å². The van der Waals surface area contributed by atoms with Crippen molar-refractivity contribution in [2.75, 3.05) is 6.61 Å². The third kappa shape index (κ3) is 7.69. The van der Waals surface area contributed by atoms with Gasteiger partial charge in [0.2, 0.25) is 0 Å². The van der Waals surface area contributed by atoms with Crippen molar-refractivity contribution in [1.82, 2.24) is 5.32 Å². The normalized spacial score (nSPS) is 19.9. The summed E-state index contributed by atoms with van der Waals surface area (Å²) < 4.78 is 12.8. The second-order valence-corrected chi connectivity index (χ2v) is 16.0. The highest BCUT2D eigenvalue weighted by Gasteiger charge is 2.46. The third-order valence-corrected chi connectivity index (χ3v) is 12.6. The molecular weight excluding hydrogens is 702 g/mol. The number of hydrogen-bond acceptors (Lipinski definition) is 4. The number of rotatable bonds is 9. The van der Waals surface area contributed by atoms with Crippen LogP contribution in [0.3, 0.4) is 0 Å². The second-order valence-electron chi connectivity index (χ2n) is 15.6. The molecule has 8 rings (SSSR count). The monoisotopic (exact) mass is 751 g/mol. The van der Waals surface area contributed by atoms with E-state index in [9.17, 15) is 9.59 Å². The van der Waals surface area contributed by atoms with Gasteiger partial charge in [-0.15, -0.1) is 0 Å². The minimum Gasteiger partial charge on any atom is -0.449 e. The van der Waals surface area contributed by atoms with E-state index in [1.54, 1.807) is 0 Å². The van der Waals surface area contributed by atoms with E-state index in [1.807, 2.05) is 78.9 Å². The number of benzene rings is 5. The van der Waals surface area contributed by atoms with Crippen LogP contribution in [0, 0.1) is 5.92 Å². The third-order valence-electron chi connectivity index (χ3n) is 12.3. The lowest BCUT2D eigenvalue weighted by Gasteiger charge is -2.37. The molecule has 0 bridgehead atoms. The highest BCUT2D eigenvalue weighted by atomic mass is 35.5. The van der Waals surface area contributed by atoms with Gasteiger partial charge in [0.15, 0.2) is 5.60 Å². The molecule has 1 unspecified atom stereocenters. The maximum atomic E-state index is 14.7. The zero-order valence-electron chi connectivity index (χ0n) is 31.4. The number of hydrogen-bond donors (Lipinski definition) is 1. The second kappa shape index (κ2) is 16.9. The SMILES string of the molecule is O=C(N[C@@H]1CCC[C@H]1C(=O)OC(c1ccccc1)(c1ccc(C2CCCCCCCC2)cc1)c1ccccc1Cl)OCC1c2ccccc2-c2ccccc21. The molecule has 0 spiro atoms. The molecule has 1 N–H and O–H groups in total. The van der Waals surface area contributed by atoms with Crippen LogP contribution in [-0.2, 0) is 19.9 Å². The van der Waals surface area contributed by atoms with Gasteiger partial charge in [-0.2, -0.15) is 0 Å². The summed E-state index contributed by atoms with van der Waals surface area (Å²) in [7, 11) is 0. The quantitative estimate of drug-likeness (QED) is 0.120. The lowest BCUT2D eigenvalue weighted by Crippen LogP contribution is -2.44. The van der Waals surface area contributed by atoms with Crippen LogP contribution >= 0.6 is 11.6 Å². The van der Waals surface area contributed by atoms with Crippen LogP contribution in [0.4, 0.5) is 4.79 Å². The first kappa shape index (κ1) is 37.1. The highest BCUT2D eigenvalue weighted by molar-refractivity contribution is 6.31. The molecule has 0 heterocycles. The lowest BCUT2D eigenvalue weighted by atomic mass is 9.78. The molecule has 6 heteroatoms. The summed E-state index contributed by atoms with van der Waals surface area (Å²) in [6, 6.07) is 42.5. The van der Waals surface area contributed by atoms with Gasteiger partial charge in [-0.25, -0.2) is 4.79 Å². The number of fused-ring (bicyclic) bond motifs is 3. The lowest BCUT2D eigenvalue weighted by molar-refractivity contribution is -0.159. The average Bonchev–Trinajstić information content (AvgIpc) is 3.85. The Kier molecular flexibility index (Phi) is 11.4. The molecule has 0 saturated heterocycles. The number of carbonyl (C=O) groups excluding carboxylic acids is 2. The van der Waals surface area contributed by atoms with E-state index in [2.05, 4.69) is 53.8 Å². The Hall–Kier alpha value is -4.87. The summed E-state index contributed by atoms with van der Waals surface area (Å²) in [6.07, 6.45) is 11.7. The summed E-state index contributed by atoms with van der Waals surface area (Å²) in [5, 5.41) is 3.58. The highest BCUT2D eigenvalue weighted by Crippen LogP contribution is 2.47. The van der Waals surface area contributed by atoms with Crippen LogP contribution in [-0.4, -0.2) is 24.7 Å². The van der Waals surface area contributed by atoms with Crippen LogP contribution in [0.1, 0.15) is 116 Å². The standard InChI is InChI=1S/C49H50ClNO4/c50-45-27-15-14-26-44(45)49(36-19-8-5-9-20-36,37-31-29-35(30-32-37)34-17-6-3-1-2-4-7-18-34)55-47(52)42-25-16-28-46(42)51-48(53)54-33-43-40-23-12-10-21-38(40)39-22-11-13-24-41(39)43/h5,8-15,19-24,26-27,29-32,34,42-43,46H,1-4,6-7,16-18,25,28,33H2,(H,51,53)/t42-,46-,49?/m1/s1. The van der Waals surface area contributed by atoms with Crippen LogP contribution in [0.2, 0.25) is 5.02 Å². The van der Waals surface area contributed by atoms with E-state index in [-0.39, 0.29) is 18.5 Å². The maximum Gasteiger partial charge on any atom is 0.407 e. The maximum absolute atomic E-state index is 14.7.